The largest absolute Gasteiger partial charge is 0.493 e. The Morgan fingerprint density at radius 3 is 2.54 bits per heavy atom. The third-order valence-electron chi connectivity index (χ3n) is 6.77. The number of fused-ring (bicyclic) bond motifs is 3. The van der Waals surface area contributed by atoms with Crippen LogP contribution < -0.4 is 14.8 Å². The van der Waals surface area contributed by atoms with Crippen molar-refractivity contribution in [1.82, 2.24) is 10.2 Å². The minimum atomic E-state index is -0.221. The van der Waals surface area contributed by atoms with Gasteiger partial charge in [-0.2, -0.15) is 0 Å². The molecule has 1 amide bonds. The van der Waals surface area contributed by atoms with Gasteiger partial charge in [-0.3, -0.25) is 9.69 Å². The molecule has 182 valence electrons. The summed E-state index contributed by atoms with van der Waals surface area (Å²) >= 11 is 0. The zero-order chi connectivity index (χ0) is 24.4. The second kappa shape index (κ2) is 9.98. The number of nitrogens with one attached hydrogen (secondary N) is 1. The molecule has 1 unspecified atom stereocenters. The third-order valence-corrected chi connectivity index (χ3v) is 6.77. The highest BCUT2D eigenvalue weighted by atomic mass is 16.5. The summed E-state index contributed by atoms with van der Waals surface area (Å²) in [5.74, 6) is 1.46. The fourth-order valence-corrected chi connectivity index (χ4v) is 4.84. The first-order chi connectivity index (χ1) is 17.1. The number of methoxy groups -OCH3 is 2. The van der Waals surface area contributed by atoms with Crippen LogP contribution in [0.3, 0.4) is 0 Å². The number of aryl methyl sites for hydroxylation is 1. The van der Waals surface area contributed by atoms with Gasteiger partial charge in [-0.25, -0.2) is 0 Å². The molecule has 0 radical (unpaired) electrons. The molecule has 1 fully saturated rings. The highest BCUT2D eigenvalue weighted by molar-refractivity contribution is 6.08. The second-order valence-electron chi connectivity index (χ2n) is 8.71. The molecule has 1 aliphatic rings. The van der Waals surface area contributed by atoms with Crippen molar-refractivity contribution in [3.05, 3.63) is 71.5 Å². The molecule has 1 saturated heterocycles. The summed E-state index contributed by atoms with van der Waals surface area (Å²) in [6.45, 7) is 5.24. The first-order valence-electron chi connectivity index (χ1n) is 11.8. The lowest BCUT2D eigenvalue weighted by Crippen LogP contribution is -2.43. The van der Waals surface area contributed by atoms with Crippen LogP contribution >= 0.6 is 0 Å². The summed E-state index contributed by atoms with van der Waals surface area (Å²) in [5.41, 5.74) is 2.63. The van der Waals surface area contributed by atoms with E-state index in [4.69, 9.17) is 18.6 Å². The van der Waals surface area contributed by atoms with E-state index >= 15 is 0 Å². The average Bonchev–Trinajstić information content (AvgIpc) is 3.26. The fourth-order valence-electron chi connectivity index (χ4n) is 4.84. The summed E-state index contributed by atoms with van der Waals surface area (Å²) in [4.78, 5) is 15.6. The van der Waals surface area contributed by atoms with E-state index in [1.165, 1.54) is 0 Å². The van der Waals surface area contributed by atoms with E-state index in [0.717, 1.165) is 46.0 Å². The number of hydrogen-bond acceptors (Lipinski definition) is 6. The Labute approximate surface area is 204 Å². The smallest absolute Gasteiger partial charge is 0.287 e. The average molecular weight is 475 g/mol. The number of benzene rings is 3. The predicted octanol–water partition coefficient (Wildman–Crippen LogP) is 4.71. The number of morpholine rings is 1. The third kappa shape index (κ3) is 4.45. The maximum absolute atomic E-state index is 13.3. The first kappa shape index (κ1) is 23.2. The number of furan rings is 1. The van der Waals surface area contributed by atoms with Crippen molar-refractivity contribution in [2.75, 3.05) is 47.1 Å². The lowest BCUT2D eigenvalue weighted by molar-refractivity contribution is 0.0161. The maximum Gasteiger partial charge on any atom is 0.287 e. The van der Waals surface area contributed by atoms with E-state index in [0.29, 0.717) is 37.0 Å². The topological polar surface area (TPSA) is 73.2 Å². The van der Waals surface area contributed by atoms with Gasteiger partial charge in [-0.15, -0.1) is 0 Å². The Morgan fingerprint density at radius 1 is 1.00 bits per heavy atom. The van der Waals surface area contributed by atoms with Crippen LogP contribution in [0.25, 0.3) is 21.7 Å². The van der Waals surface area contributed by atoms with Crippen molar-refractivity contribution < 1.29 is 23.4 Å². The van der Waals surface area contributed by atoms with Crippen LogP contribution in [0, 0.1) is 6.92 Å². The van der Waals surface area contributed by atoms with E-state index in [1.807, 2.05) is 55.5 Å². The molecular weight excluding hydrogens is 444 g/mol. The highest BCUT2D eigenvalue weighted by Gasteiger charge is 2.26. The summed E-state index contributed by atoms with van der Waals surface area (Å²) in [7, 11) is 3.25. The minimum Gasteiger partial charge on any atom is -0.493 e. The van der Waals surface area contributed by atoms with Crippen molar-refractivity contribution >= 4 is 27.6 Å². The quantitative estimate of drug-likeness (QED) is 0.418. The molecule has 7 heteroatoms. The Hall–Kier alpha value is -3.55. The molecule has 1 N–H and O–H groups in total. The van der Waals surface area contributed by atoms with Gasteiger partial charge in [0.25, 0.3) is 5.91 Å². The molecule has 0 aliphatic carbocycles. The van der Waals surface area contributed by atoms with E-state index < -0.39 is 0 Å². The molecule has 7 nitrogen and oxygen atoms in total. The molecule has 0 spiro atoms. The van der Waals surface area contributed by atoms with Crippen molar-refractivity contribution in [3.8, 4) is 11.5 Å². The zero-order valence-corrected chi connectivity index (χ0v) is 20.3. The number of ether oxygens (including phenoxy) is 3. The van der Waals surface area contributed by atoms with Gasteiger partial charge in [-0.1, -0.05) is 42.5 Å². The van der Waals surface area contributed by atoms with Crippen LogP contribution in [-0.2, 0) is 4.74 Å². The first-order valence-corrected chi connectivity index (χ1v) is 11.8. The molecule has 35 heavy (non-hydrogen) atoms. The van der Waals surface area contributed by atoms with Crippen molar-refractivity contribution in [2.24, 2.45) is 0 Å². The van der Waals surface area contributed by atoms with E-state index in [1.54, 1.807) is 14.2 Å². The van der Waals surface area contributed by atoms with E-state index in [-0.39, 0.29) is 11.9 Å². The Balaban J connectivity index is 1.43. The van der Waals surface area contributed by atoms with Gasteiger partial charge in [-0.05, 0) is 30.0 Å². The van der Waals surface area contributed by atoms with Gasteiger partial charge >= 0.3 is 0 Å². The fraction of sp³-hybridized carbons (Fsp3) is 0.321. The second-order valence-corrected chi connectivity index (χ2v) is 8.71. The SMILES string of the molecule is COc1ccc(C(CNC(=O)c2oc3c(ccc4ccccc43)c2C)N2CCOCC2)cc1OC. The van der Waals surface area contributed by atoms with Gasteiger partial charge in [0.15, 0.2) is 17.3 Å². The Bertz CT molecular complexity index is 1360. The van der Waals surface area contributed by atoms with Crippen molar-refractivity contribution in [1.29, 1.82) is 0 Å². The Kier molecular flexibility index (Phi) is 6.61. The van der Waals surface area contributed by atoms with Crippen LogP contribution in [-0.4, -0.2) is 57.9 Å². The number of hydrogen-bond donors (Lipinski definition) is 1. The minimum absolute atomic E-state index is 0.0480. The number of carbonyl (C=O) groups excluding carboxylic acids is 1. The van der Waals surface area contributed by atoms with E-state index in [2.05, 4.69) is 16.3 Å². The monoisotopic (exact) mass is 474 g/mol. The summed E-state index contributed by atoms with van der Waals surface area (Å²) in [6.07, 6.45) is 0. The molecule has 0 bridgehead atoms. The molecule has 1 aromatic heterocycles. The molecule has 0 saturated carbocycles. The lowest BCUT2D eigenvalue weighted by atomic mass is 10.0. The molecule has 1 aliphatic heterocycles. The number of nitrogens with zero attached hydrogens (tertiary/aromatic N) is 1. The van der Waals surface area contributed by atoms with Gasteiger partial charge in [0, 0.05) is 36.0 Å². The molecule has 1 atom stereocenters. The number of amides is 1. The predicted molar refractivity (Wildman–Crippen MR) is 135 cm³/mol. The molecule has 3 aromatic carbocycles. The van der Waals surface area contributed by atoms with Crippen LogP contribution in [0.15, 0.2) is 59.0 Å². The summed E-state index contributed by atoms with van der Waals surface area (Å²) < 4.78 is 22.6. The van der Waals surface area contributed by atoms with E-state index in [9.17, 15) is 4.79 Å². The van der Waals surface area contributed by atoms with Crippen LogP contribution in [0.2, 0.25) is 0 Å². The Morgan fingerprint density at radius 2 is 1.77 bits per heavy atom. The molecule has 2 heterocycles. The van der Waals surface area contributed by atoms with Gasteiger partial charge in [0.05, 0.1) is 33.5 Å². The van der Waals surface area contributed by atoms with Crippen molar-refractivity contribution in [2.45, 2.75) is 13.0 Å². The highest BCUT2D eigenvalue weighted by Crippen LogP contribution is 2.33. The normalized spacial score (nSPS) is 15.3. The zero-order valence-electron chi connectivity index (χ0n) is 20.3. The van der Waals surface area contributed by atoms with Gasteiger partial charge in [0.2, 0.25) is 0 Å². The van der Waals surface area contributed by atoms with Crippen LogP contribution in [0.4, 0.5) is 0 Å². The number of carbonyl (C=O) groups is 1. The summed E-state index contributed by atoms with van der Waals surface area (Å²) in [6, 6.07) is 18.0. The maximum atomic E-state index is 13.3. The van der Waals surface area contributed by atoms with Crippen molar-refractivity contribution in [3.63, 3.8) is 0 Å². The van der Waals surface area contributed by atoms with Crippen LogP contribution in [0.1, 0.15) is 27.7 Å². The van der Waals surface area contributed by atoms with Gasteiger partial charge in [0.1, 0.15) is 5.58 Å². The molecular formula is C28H30N2O5. The molecule has 5 rings (SSSR count). The van der Waals surface area contributed by atoms with Crippen LogP contribution in [0.5, 0.6) is 11.5 Å². The lowest BCUT2D eigenvalue weighted by Gasteiger charge is -2.35. The number of rotatable bonds is 7. The molecule has 4 aromatic rings. The summed E-state index contributed by atoms with van der Waals surface area (Å²) in [5, 5.41) is 6.17. The standard InChI is InChI=1S/C28H30N2O5/c1-18-21-10-8-19-6-4-5-7-22(19)27(21)35-26(18)28(31)29-17-23(30-12-14-34-15-13-30)20-9-11-24(32-2)25(16-20)33-3/h4-11,16,23H,12-15,17H2,1-3H3,(H,29,31). The van der Waals surface area contributed by atoms with Gasteiger partial charge < -0.3 is 23.9 Å².